The summed E-state index contributed by atoms with van der Waals surface area (Å²) in [7, 11) is 0. The van der Waals surface area contributed by atoms with Gasteiger partial charge in [0.05, 0.1) is 10.6 Å². The van der Waals surface area contributed by atoms with Crippen LogP contribution >= 0.6 is 11.6 Å². The number of hydrogen-bond acceptors (Lipinski definition) is 4. The predicted octanol–water partition coefficient (Wildman–Crippen LogP) is 4.60. The van der Waals surface area contributed by atoms with Crippen molar-refractivity contribution >= 4 is 35.0 Å². The smallest absolute Gasteiger partial charge is 0.254 e. The summed E-state index contributed by atoms with van der Waals surface area (Å²) in [4.78, 5) is 44.4. The maximum atomic E-state index is 13.2. The normalized spacial score (nSPS) is 14.1. The molecule has 4 rings (SSSR count). The Hall–Kier alpha value is -3.58. The summed E-state index contributed by atoms with van der Waals surface area (Å²) in [6.45, 7) is 0.786. The first kappa shape index (κ1) is 22.6. The van der Waals surface area contributed by atoms with Crippen molar-refractivity contribution in [2.45, 2.75) is 12.8 Å². The number of ketones is 1. The van der Waals surface area contributed by atoms with Gasteiger partial charge in [-0.15, -0.1) is 0 Å². The van der Waals surface area contributed by atoms with E-state index in [4.69, 9.17) is 11.6 Å². The molecule has 1 aromatic heterocycles. The van der Waals surface area contributed by atoms with Crippen LogP contribution < -0.4 is 5.32 Å². The van der Waals surface area contributed by atoms with Crippen molar-refractivity contribution in [3.05, 3.63) is 94.4 Å². The van der Waals surface area contributed by atoms with Gasteiger partial charge in [-0.3, -0.25) is 14.4 Å². The van der Waals surface area contributed by atoms with E-state index in [9.17, 15) is 18.8 Å². The van der Waals surface area contributed by atoms with E-state index in [1.807, 2.05) is 0 Å². The Morgan fingerprint density at radius 2 is 1.61 bits per heavy atom. The summed E-state index contributed by atoms with van der Waals surface area (Å²) < 4.78 is 13.2. The largest absolute Gasteiger partial charge is 0.339 e. The molecule has 168 valence electrons. The lowest BCUT2D eigenvalue weighted by Gasteiger charge is -2.31. The number of anilines is 1. The number of nitrogens with one attached hydrogen (secondary N) is 1. The number of carbonyl (C=O) groups excluding carboxylic acids is 3. The fourth-order valence-electron chi connectivity index (χ4n) is 3.82. The molecule has 8 heteroatoms. The number of amides is 2. The summed E-state index contributed by atoms with van der Waals surface area (Å²) in [6, 6.07) is 15.1. The van der Waals surface area contributed by atoms with Crippen LogP contribution in [-0.4, -0.2) is 40.6 Å². The molecular formula is C25H21ClFN3O3. The van der Waals surface area contributed by atoms with Crippen LogP contribution in [0.4, 0.5) is 10.2 Å². The zero-order valence-corrected chi connectivity index (χ0v) is 18.4. The number of rotatable bonds is 5. The first-order chi connectivity index (χ1) is 15.9. The van der Waals surface area contributed by atoms with Crippen LogP contribution in [0, 0.1) is 11.7 Å². The third-order valence-corrected chi connectivity index (χ3v) is 5.86. The molecule has 1 aliphatic rings. The average molecular weight is 466 g/mol. The van der Waals surface area contributed by atoms with Gasteiger partial charge in [-0.05, 0) is 55.3 Å². The second-order valence-corrected chi connectivity index (χ2v) is 8.24. The van der Waals surface area contributed by atoms with Crippen LogP contribution in [0.2, 0.25) is 5.02 Å². The van der Waals surface area contributed by atoms with Crippen LogP contribution in [-0.2, 0) is 4.79 Å². The van der Waals surface area contributed by atoms with Gasteiger partial charge in [0.2, 0.25) is 5.91 Å². The maximum absolute atomic E-state index is 13.2. The van der Waals surface area contributed by atoms with Crippen molar-refractivity contribution < 1.29 is 18.8 Å². The zero-order valence-electron chi connectivity index (χ0n) is 17.6. The molecule has 0 bridgehead atoms. The lowest BCUT2D eigenvalue weighted by Crippen LogP contribution is -2.42. The molecule has 2 amide bonds. The molecule has 0 unspecified atom stereocenters. The van der Waals surface area contributed by atoms with Gasteiger partial charge in [-0.1, -0.05) is 29.8 Å². The lowest BCUT2D eigenvalue weighted by atomic mass is 9.93. The predicted molar refractivity (Wildman–Crippen MR) is 123 cm³/mol. The highest BCUT2D eigenvalue weighted by molar-refractivity contribution is 6.30. The first-order valence-corrected chi connectivity index (χ1v) is 10.9. The van der Waals surface area contributed by atoms with E-state index in [2.05, 4.69) is 10.3 Å². The van der Waals surface area contributed by atoms with Gasteiger partial charge < -0.3 is 10.2 Å². The molecule has 0 atom stereocenters. The molecule has 3 aromatic rings. The Kier molecular flexibility index (Phi) is 6.79. The number of carbonyl (C=O) groups is 3. The number of pyridine rings is 1. The van der Waals surface area contributed by atoms with Gasteiger partial charge in [-0.25, -0.2) is 9.37 Å². The lowest BCUT2D eigenvalue weighted by molar-refractivity contribution is -0.121. The van der Waals surface area contributed by atoms with Gasteiger partial charge in [0.25, 0.3) is 5.91 Å². The fraction of sp³-hybridized carbons (Fsp3) is 0.200. The van der Waals surface area contributed by atoms with Gasteiger partial charge in [0.15, 0.2) is 5.78 Å². The van der Waals surface area contributed by atoms with Gasteiger partial charge in [-0.2, -0.15) is 0 Å². The quantitative estimate of drug-likeness (QED) is 0.559. The molecular weight excluding hydrogens is 445 g/mol. The van der Waals surface area contributed by atoms with Crippen molar-refractivity contribution in [3.8, 4) is 0 Å². The van der Waals surface area contributed by atoms with Crippen molar-refractivity contribution in [1.29, 1.82) is 0 Å². The Balaban J connectivity index is 1.42. The molecule has 1 saturated heterocycles. The van der Waals surface area contributed by atoms with E-state index in [0.717, 1.165) is 0 Å². The highest BCUT2D eigenvalue weighted by Gasteiger charge is 2.29. The van der Waals surface area contributed by atoms with E-state index in [1.165, 1.54) is 30.5 Å². The molecule has 6 nitrogen and oxygen atoms in total. The van der Waals surface area contributed by atoms with E-state index in [-0.39, 0.29) is 29.1 Å². The third kappa shape index (κ3) is 5.26. The molecule has 0 aliphatic carbocycles. The SMILES string of the molecule is O=C(c1ccc(F)cc1)c1ccccc1C(=O)N1CCC(C(=O)Nc2ccc(Cl)cn2)CC1. The number of halogens is 2. The molecule has 1 aliphatic heterocycles. The number of piperidine rings is 1. The fourth-order valence-corrected chi connectivity index (χ4v) is 3.93. The highest BCUT2D eigenvalue weighted by atomic mass is 35.5. The topological polar surface area (TPSA) is 79.4 Å². The Labute approximate surface area is 195 Å². The third-order valence-electron chi connectivity index (χ3n) is 5.64. The molecule has 0 saturated carbocycles. The second-order valence-electron chi connectivity index (χ2n) is 7.80. The number of aromatic nitrogens is 1. The van der Waals surface area contributed by atoms with Crippen molar-refractivity contribution in [2.24, 2.45) is 5.92 Å². The van der Waals surface area contributed by atoms with Crippen LogP contribution in [0.1, 0.15) is 39.1 Å². The molecule has 1 N–H and O–H groups in total. The standard InChI is InChI=1S/C25H21ClFN3O3/c26-18-7-10-22(28-15-18)29-24(32)17-11-13-30(14-12-17)25(33)21-4-2-1-3-20(21)23(31)16-5-8-19(27)9-6-16/h1-10,15,17H,11-14H2,(H,28,29,32). The minimum absolute atomic E-state index is 0.149. The van der Waals surface area contributed by atoms with E-state index in [1.54, 1.807) is 41.3 Å². The highest BCUT2D eigenvalue weighted by Crippen LogP contribution is 2.23. The first-order valence-electron chi connectivity index (χ1n) is 10.5. The summed E-state index contributed by atoms with van der Waals surface area (Å²) in [5.41, 5.74) is 0.866. The van der Waals surface area contributed by atoms with E-state index >= 15 is 0 Å². The minimum Gasteiger partial charge on any atom is -0.339 e. The van der Waals surface area contributed by atoms with Crippen molar-refractivity contribution in [2.75, 3.05) is 18.4 Å². The number of hydrogen-bond donors (Lipinski definition) is 1. The maximum Gasteiger partial charge on any atom is 0.254 e. The van der Waals surface area contributed by atoms with Gasteiger partial charge >= 0.3 is 0 Å². The van der Waals surface area contributed by atoms with Gasteiger partial charge in [0, 0.05) is 36.3 Å². The minimum atomic E-state index is -0.435. The summed E-state index contributed by atoms with van der Waals surface area (Å²) in [6.07, 6.45) is 2.46. The molecule has 2 aromatic carbocycles. The van der Waals surface area contributed by atoms with Gasteiger partial charge in [0.1, 0.15) is 11.6 Å². The zero-order chi connectivity index (χ0) is 23.4. The average Bonchev–Trinajstić information content (AvgIpc) is 2.85. The van der Waals surface area contributed by atoms with Crippen molar-refractivity contribution in [3.63, 3.8) is 0 Å². The number of likely N-dealkylation sites (tertiary alicyclic amines) is 1. The van der Waals surface area contributed by atoms with Crippen LogP contribution in [0.15, 0.2) is 66.9 Å². The van der Waals surface area contributed by atoms with Crippen LogP contribution in [0.5, 0.6) is 0 Å². The second kappa shape index (κ2) is 9.92. The van der Waals surface area contributed by atoms with Crippen LogP contribution in [0.25, 0.3) is 0 Å². The van der Waals surface area contributed by atoms with Crippen molar-refractivity contribution in [1.82, 2.24) is 9.88 Å². The summed E-state index contributed by atoms with van der Waals surface area (Å²) in [5, 5.41) is 3.26. The summed E-state index contributed by atoms with van der Waals surface area (Å²) in [5.74, 6) is -1.01. The molecule has 0 spiro atoms. The molecule has 33 heavy (non-hydrogen) atoms. The molecule has 1 fully saturated rings. The Morgan fingerprint density at radius 1 is 0.939 bits per heavy atom. The monoisotopic (exact) mass is 465 g/mol. The van der Waals surface area contributed by atoms with Crippen LogP contribution in [0.3, 0.4) is 0 Å². The molecule has 0 radical (unpaired) electrons. The van der Waals surface area contributed by atoms with E-state index in [0.29, 0.717) is 47.9 Å². The van der Waals surface area contributed by atoms with E-state index < -0.39 is 5.82 Å². The Bertz CT molecular complexity index is 1170. The summed E-state index contributed by atoms with van der Waals surface area (Å²) >= 11 is 5.82. The number of nitrogens with zero attached hydrogens (tertiary/aromatic N) is 2. The molecule has 2 heterocycles. The Morgan fingerprint density at radius 3 is 2.24 bits per heavy atom. The number of benzene rings is 2.